The van der Waals surface area contributed by atoms with Gasteiger partial charge in [-0.3, -0.25) is 4.79 Å². The van der Waals surface area contributed by atoms with Gasteiger partial charge in [0, 0.05) is 0 Å². The van der Waals surface area contributed by atoms with Crippen molar-refractivity contribution in [1.82, 2.24) is 5.32 Å². The summed E-state index contributed by atoms with van der Waals surface area (Å²) in [6, 6.07) is -2.20. The molecule has 124 valence electrons. The van der Waals surface area contributed by atoms with Gasteiger partial charge in [-0.15, -0.1) is 0 Å². The van der Waals surface area contributed by atoms with Crippen LogP contribution in [0.15, 0.2) is 6.07 Å². The molecule has 0 aliphatic rings. The molecule has 1 aromatic carbocycles. The van der Waals surface area contributed by atoms with E-state index in [2.05, 4.69) is 0 Å². The summed E-state index contributed by atoms with van der Waals surface area (Å²) in [4.78, 5) is 11.7. The van der Waals surface area contributed by atoms with Crippen LogP contribution in [-0.4, -0.2) is 23.2 Å². The van der Waals surface area contributed by atoms with E-state index in [0.717, 1.165) is 0 Å². The fourth-order valence-electron chi connectivity index (χ4n) is 1.76. The first kappa shape index (κ1) is 18.1. The second kappa shape index (κ2) is 6.45. The van der Waals surface area contributed by atoms with Crippen molar-refractivity contribution in [1.29, 1.82) is 0 Å². The van der Waals surface area contributed by atoms with E-state index in [1.54, 1.807) is 0 Å². The summed E-state index contributed by atoms with van der Waals surface area (Å²) >= 11 is 0. The average Bonchev–Trinajstić information content (AvgIpc) is 2.44. The first-order chi connectivity index (χ1) is 10.0. The number of nitrogens with one attached hydrogen (secondary N) is 1. The van der Waals surface area contributed by atoms with Crippen LogP contribution in [0.5, 0.6) is 5.75 Å². The van der Waals surface area contributed by atoms with E-state index >= 15 is 0 Å². The predicted molar refractivity (Wildman–Crippen MR) is 64.7 cm³/mol. The summed E-state index contributed by atoms with van der Waals surface area (Å²) in [7, 11) is 0. The smallest absolute Gasteiger partial charge is 0.408 e. The average molecular weight is 329 g/mol. The van der Waals surface area contributed by atoms with E-state index in [1.165, 1.54) is 19.2 Å². The molecule has 0 aromatic heterocycles. The molecule has 3 nitrogen and oxygen atoms in total. The van der Waals surface area contributed by atoms with Gasteiger partial charge in [0.05, 0.1) is 5.56 Å². The standard InChI is InChI=1S/C13H13F6NO2/c1-3-5(2)11(13(17,18)19)20-12(22)6-4-7(14)9(16)10(21)8(6)15/h4-5,11,21H,3H2,1-2H3,(H,20,22)/t5-,11-/m0/s1. The highest BCUT2D eigenvalue weighted by molar-refractivity contribution is 5.95. The fourth-order valence-corrected chi connectivity index (χ4v) is 1.76. The van der Waals surface area contributed by atoms with E-state index < -0.39 is 52.8 Å². The van der Waals surface area contributed by atoms with Crippen LogP contribution in [0.2, 0.25) is 0 Å². The van der Waals surface area contributed by atoms with Gasteiger partial charge in [-0.25, -0.2) is 8.78 Å². The Morgan fingerprint density at radius 2 is 1.82 bits per heavy atom. The summed E-state index contributed by atoms with van der Waals surface area (Å²) in [6.07, 6.45) is -4.74. The maximum absolute atomic E-state index is 13.5. The van der Waals surface area contributed by atoms with Gasteiger partial charge in [0.2, 0.25) is 5.82 Å². The zero-order chi connectivity index (χ0) is 17.2. The molecule has 0 saturated heterocycles. The molecule has 0 saturated carbocycles. The summed E-state index contributed by atoms with van der Waals surface area (Å²) in [6.45, 7) is 2.68. The normalized spacial score (nSPS) is 14.5. The second-order valence-electron chi connectivity index (χ2n) is 4.76. The van der Waals surface area contributed by atoms with Crippen molar-refractivity contribution >= 4 is 5.91 Å². The Bertz CT molecular complexity index is 573. The lowest BCUT2D eigenvalue weighted by Crippen LogP contribution is -2.49. The minimum atomic E-state index is -4.80. The van der Waals surface area contributed by atoms with Gasteiger partial charge in [0.25, 0.3) is 5.91 Å². The molecule has 0 bridgehead atoms. The molecule has 0 aliphatic carbocycles. The molecule has 2 N–H and O–H groups in total. The van der Waals surface area contributed by atoms with Crippen LogP contribution in [0.3, 0.4) is 0 Å². The van der Waals surface area contributed by atoms with Crippen molar-refractivity contribution in [3.8, 4) is 5.75 Å². The SMILES string of the molecule is CC[C@H](C)[C@H](NC(=O)c1cc(F)c(F)c(O)c1F)C(F)(F)F. The van der Waals surface area contributed by atoms with Crippen LogP contribution in [0, 0.1) is 23.4 Å². The number of carbonyl (C=O) groups excluding carboxylic acids is 1. The number of alkyl halides is 3. The van der Waals surface area contributed by atoms with E-state index in [0.29, 0.717) is 0 Å². The Hall–Kier alpha value is -1.93. The number of hydrogen-bond donors (Lipinski definition) is 2. The molecule has 1 aromatic rings. The molecule has 1 amide bonds. The lowest BCUT2D eigenvalue weighted by Gasteiger charge is -2.26. The van der Waals surface area contributed by atoms with Crippen molar-refractivity contribution in [3.05, 3.63) is 29.1 Å². The Morgan fingerprint density at radius 3 is 2.27 bits per heavy atom. The highest BCUT2D eigenvalue weighted by atomic mass is 19.4. The summed E-state index contributed by atoms with van der Waals surface area (Å²) < 4.78 is 78.1. The number of halogens is 6. The minimum Gasteiger partial charge on any atom is -0.503 e. The Kier molecular flexibility index (Phi) is 5.31. The number of rotatable bonds is 4. The number of phenolic OH excluding ortho intramolecular Hbond substituents is 1. The number of aromatic hydroxyl groups is 1. The summed E-state index contributed by atoms with van der Waals surface area (Å²) in [5.41, 5.74) is -1.21. The molecule has 22 heavy (non-hydrogen) atoms. The quantitative estimate of drug-likeness (QED) is 0.656. The largest absolute Gasteiger partial charge is 0.503 e. The third-order valence-corrected chi connectivity index (χ3v) is 3.23. The topological polar surface area (TPSA) is 49.3 Å². The van der Waals surface area contributed by atoms with Gasteiger partial charge in [-0.2, -0.15) is 17.6 Å². The molecule has 0 aliphatic heterocycles. The maximum atomic E-state index is 13.5. The molecule has 0 heterocycles. The van der Waals surface area contributed by atoms with E-state index in [-0.39, 0.29) is 12.5 Å². The van der Waals surface area contributed by atoms with Gasteiger partial charge in [0.1, 0.15) is 6.04 Å². The van der Waals surface area contributed by atoms with Gasteiger partial charge < -0.3 is 10.4 Å². The molecule has 0 spiro atoms. The second-order valence-corrected chi connectivity index (χ2v) is 4.76. The molecule has 0 unspecified atom stereocenters. The fraction of sp³-hybridized carbons (Fsp3) is 0.462. The Balaban J connectivity index is 3.16. The molecule has 2 atom stereocenters. The van der Waals surface area contributed by atoms with Crippen molar-refractivity contribution in [2.45, 2.75) is 32.5 Å². The minimum absolute atomic E-state index is 0.0654. The van der Waals surface area contributed by atoms with Crippen LogP contribution in [0.1, 0.15) is 30.6 Å². The third-order valence-electron chi connectivity index (χ3n) is 3.23. The molecule has 1 rings (SSSR count). The Morgan fingerprint density at radius 1 is 1.27 bits per heavy atom. The van der Waals surface area contributed by atoms with Crippen LogP contribution >= 0.6 is 0 Å². The maximum Gasteiger partial charge on any atom is 0.408 e. The lowest BCUT2D eigenvalue weighted by molar-refractivity contribution is -0.164. The highest BCUT2D eigenvalue weighted by Gasteiger charge is 2.44. The molecular formula is C13H13F6NO2. The molecule has 0 radical (unpaired) electrons. The zero-order valence-electron chi connectivity index (χ0n) is 11.6. The first-order valence-corrected chi connectivity index (χ1v) is 6.24. The summed E-state index contributed by atoms with van der Waals surface area (Å²) in [5, 5.41) is 10.5. The number of benzene rings is 1. The van der Waals surface area contributed by atoms with Gasteiger partial charge >= 0.3 is 6.18 Å². The molecule has 9 heteroatoms. The number of carbonyl (C=O) groups is 1. The zero-order valence-corrected chi connectivity index (χ0v) is 11.6. The summed E-state index contributed by atoms with van der Waals surface area (Å²) in [5.74, 6) is -9.90. The van der Waals surface area contributed by atoms with Gasteiger partial charge in [0.15, 0.2) is 17.4 Å². The van der Waals surface area contributed by atoms with Crippen molar-refractivity contribution in [3.63, 3.8) is 0 Å². The Labute approximate surface area is 121 Å². The van der Waals surface area contributed by atoms with E-state index in [4.69, 9.17) is 5.11 Å². The van der Waals surface area contributed by atoms with Crippen LogP contribution in [0.4, 0.5) is 26.3 Å². The van der Waals surface area contributed by atoms with E-state index in [1.807, 2.05) is 0 Å². The molecular weight excluding hydrogens is 316 g/mol. The van der Waals surface area contributed by atoms with Crippen LogP contribution in [0.25, 0.3) is 0 Å². The van der Waals surface area contributed by atoms with Crippen LogP contribution < -0.4 is 5.32 Å². The van der Waals surface area contributed by atoms with Crippen molar-refractivity contribution in [2.24, 2.45) is 5.92 Å². The van der Waals surface area contributed by atoms with Crippen LogP contribution in [-0.2, 0) is 0 Å². The first-order valence-electron chi connectivity index (χ1n) is 6.24. The number of phenols is 1. The third kappa shape index (κ3) is 3.63. The number of amides is 1. The molecule has 0 fully saturated rings. The van der Waals surface area contributed by atoms with Gasteiger partial charge in [-0.05, 0) is 12.0 Å². The van der Waals surface area contributed by atoms with Crippen molar-refractivity contribution in [2.75, 3.05) is 0 Å². The monoisotopic (exact) mass is 329 g/mol. The predicted octanol–water partition coefficient (Wildman–Crippen LogP) is 3.52. The van der Waals surface area contributed by atoms with Gasteiger partial charge in [-0.1, -0.05) is 20.3 Å². The van der Waals surface area contributed by atoms with Crippen molar-refractivity contribution < 1.29 is 36.2 Å². The highest BCUT2D eigenvalue weighted by Crippen LogP contribution is 2.29. The van der Waals surface area contributed by atoms with E-state index in [9.17, 15) is 31.1 Å². The lowest BCUT2D eigenvalue weighted by atomic mass is 9.98. The number of hydrogen-bond acceptors (Lipinski definition) is 2.